The van der Waals surface area contributed by atoms with Crippen LogP contribution in [0.25, 0.3) is 6.08 Å². The average molecular weight is 407 g/mol. The molecule has 2 aromatic carbocycles. The van der Waals surface area contributed by atoms with Crippen molar-refractivity contribution in [1.82, 2.24) is 4.90 Å². The maximum atomic E-state index is 13.0. The summed E-state index contributed by atoms with van der Waals surface area (Å²) < 4.78 is 10.6. The number of rotatable bonds is 9. The molecule has 1 amide bonds. The van der Waals surface area contributed by atoms with Gasteiger partial charge in [-0.25, -0.2) is 0 Å². The van der Waals surface area contributed by atoms with E-state index in [0.717, 1.165) is 5.56 Å². The number of ether oxygens (including phenoxy) is 2. The minimum Gasteiger partial charge on any atom is -0.503 e. The molecule has 30 heavy (non-hydrogen) atoms. The monoisotopic (exact) mass is 407 g/mol. The molecule has 3 rings (SSSR count). The summed E-state index contributed by atoms with van der Waals surface area (Å²) in [5.41, 5.74) is 1.62. The molecule has 0 aromatic heterocycles. The second-order valence-electron chi connectivity index (χ2n) is 6.77. The predicted molar refractivity (Wildman–Crippen MR) is 114 cm³/mol. The number of aliphatic hydroxyl groups is 1. The molecule has 0 fully saturated rings. The maximum Gasteiger partial charge on any atom is 0.290 e. The smallest absolute Gasteiger partial charge is 0.290 e. The molecule has 1 N–H and O–H groups in total. The van der Waals surface area contributed by atoms with Gasteiger partial charge in [0.15, 0.2) is 11.5 Å². The summed E-state index contributed by atoms with van der Waals surface area (Å²) in [6, 6.07) is 15.8. The van der Waals surface area contributed by atoms with Gasteiger partial charge in [-0.05, 0) is 36.3 Å². The average Bonchev–Trinajstić information content (AvgIpc) is 3.02. The van der Waals surface area contributed by atoms with Crippen molar-refractivity contribution in [2.24, 2.45) is 0 Å². The summed E-state index contributed by atoms with van der Waals surface area (Å²) in [6.07, 6.45) is 3.05. The highest BCUT2D eigenvalue weighted by Crippen LogP contribution is 2.38. The molecule has 6 heteroatoms. The fourth-order valence-electron chi connectivity index (χ4n) is 3.41. The molecule has 156 valence electrons. The van der Waals surface area contributed by atoms with Crippen LogP contribution in [0.15, 0.2) is 72.0 Å². The van der Waals surface area contributed by atoms with Crippen LogP contribution in [0.3, 0.4) is 0 Å². The van der Waals surface area contributed by atoms with Crippen LogP contribution in [0, 0.1) is 0 Å². The summed E-state index contributed by atoms with van der Waals surface area (Å²) in [6.45, 7) is 2.97. The number of methoxy groups -OCH3 is 1. The number of nitrogens with zero attached hydrogens (tertiary/aromatic N) is 1. The Morgan fingerprint density at radius 3 is 2.47 bits per heavy atom. The van der Waals surface area contributed by atoms with Gasteiger partial charge in [0, 0.05) is 13.7 Å². The molecule has 6 nitrogen and oxygen atoms in total. The van der Waals surface area contributed by atoms with Gasteiger partial charge in [-0.3, -0.25) is 9.59 Å². The summed E-state index contributed by atoms with van der Waals surface area (Å²) in [5.74, 6) is -0.822. The fourth-order valence-corrected chi connectivity index (χ4v) is 3.41. The number of allylic oxidation sites excluding steroid dienone is 1. The van der Waals surface area contributed by atoms with Crippen LogP contribution >= 0.6 is 0 Å². The van der Waals surface area contributed by atoms with Crippen molar-refractivity contribution in [3.63, 3.8) is 0 Å². The Labute approximate surface area is 176 Å². The third kappa shape index (κ3) is 4.60. The molecule has 2 aromatic rings. The zero-order valence-electron chi connectivity index (χ0n) is 17.1. The van der Waals surface area contributed by atoms with Crippen LogP contribution in [0.5, 0.6) is 5.75 Å². The molecule has 0 saturated heterocycles. The van der Waals surface area contributed by atoms with Crippen LogP contribution in [0.1, 0.15) is 24.1 Å². The van der Waals surface area contributed by atoms with Gasteiger partial charge < -0.3 is 19.5 Å². The number of amides is 1. The van der Waals surface area contributed by atoms with Gasteiger partial charge in [-0.15, -0.1) is 0 Å². The normalized spacial score (nSPS) is 16.5. The zero-order chi connectivity index (χ0) is 21.5. The molecule has 1 atom stereocenters. The number of benzene rings is 2. The summed E-state index contributed by atoms with van der Waals surface area (Å²) >= 11 is 0. The van der Waals surface area contributed by atoms with E-state index in [1.807, 2.05) is 37.3 Å². The number of carbonyl (C=O) groups excluding carboxylic acids is 2. The minimum atomic E-state index is -0.698. The van der Waals surface area contributed by atoms with E-state index >= 15 is 0 Å². The highest BCUT2D eigenvalue weighted by molar-refractivity contribution is 6.14. The summed E-state index contributed by atoms with van der Waals surface area (Å²) in [7, 11) is 1.54. The summed E-state index contributed by atoms with van der Waals surface area (Å²) in [4.78, 5) is 27.2. The van der Waals surface area contributed by atoms with Crippen molar-refractivity contribution < 1.29 is 24.2 Å². The van der Waals surface area contributed by atoms with Gasteiger partial charge in [0.25, 0.3) is 5.91 Å². The quantitative estimate of drug-likeness (QED) is 0.642. The van der Waals surface area contributed by atoms with E-state index in [4.69, 9.17) is 9.47 Å². The second-order valence-corrected chi connectivity index (χ2v) is 6.77. The Kier molecular flexibility index (Phi) is 7.03. The summed E-state index contributed by atoms with van der Waals surface area (Å²) in [5, 5.41) is 10.5. The van der Waals surface area contributed by atoms with Crippen LogP contribution in [0.2, 0.25) is 0 Å². The molecular weight excluding hydrogens is 382 g/mol. The van der Waals surface area contributed by atoms with E-state index in [-0.39, 0.29) is 18.7 Å². The van der Waals surface area contributed by atoms with E-state index in [1.54, 1.807) is 30.3 Å². The zero-order valence-corrected chi connectivity index (χ0v) is 17.1. The lowest BCUT2D eigenvalue weighted by Gasteiger charge is -2.26. The lowest BCUT2D eigenvalue weighted by molar-refractivity contribution is -0.130. The fraction of sp³-hybridized carbons (Fsp3) is 0.250. The standard InChI is InChI=1S/C24H25NO5/c1-3-30-19-12-10-18(11-13-19)22-21(23(27)24(28)25(22)15-16-29-2)20(26)14-9-17-7-5-4-6-8-17/h4-14,22,27H,3,15-16H2,1-2H3. The molecule has 0 radical (unpaired) electrons. The van der Waals surface area contributed by atoms with Crippen molar-refractivity contribution in [2.75, 3.05) is 26.9 Å². The van der Waals surface area contributed by atoms with Crippen molar-refractivity contribution in [2.45, 2.75) is 13.0 Å². The Hall–Kier alpha value is -3.38. The first-order valence-corrected chi connectivity index (χ1v) is 9.80. The van der Waals surface area contributed by atoms with Crippen LogP contribution in [-0.2, 0) is 14.3 Å². The van der Waals surface area contributed by atoms with Gasteiger partial charge in [0.2, 0.25) is 0 Å². The Morgan fingerprint density at radius 1 is 1.13 bits per heavy atom. The van der Waals surface area contributed by atoms with E-state index in [0.29, 0.717) is 17.9 Å². The van der Waals surface area contributed by atoms with Gasteiger partial charge in [0.05, 0.1) is 24.8 Å². The van der Waals surface area contributed by atoms with Gasteiger partial charge in [-0.2, -0.15) is 0 Å². The molecule has 0 aliphatic carbocycles. The number of hydrogen-bond acceptors (Lipinski definition) is 5. The number of aliphatic hydroxyl groups excluding tert-OH is 1. The highest BCUT2D eigenvalue weighted by atomic mass is 16.5. The van der Waals surface area contributed by atoms with E-state index < -0.39 is 23.5 Å². The molecular formula is C24H25NO5. The lowest BCUT2D eigenvalue weighted by atomic mass is 9.95. The molecule has 0 bridgehead atoms. The Balaban J connectivity index is 1.95. The third-order valence-corrected chi connectivity index (χ3v) is 4.84. The van der Waals surface area contributed by atoms with E-state index in [2.05, 4.69) is 0 Å². The maximum absolute atomic E-state index is 13.0. The molecule has 0 saturated carbocycles. The van der Waals surface area contributed by atoms with Crippen LogP contribution in [0.4, 0.5) is 0 Å². The van der Waals surface area contributed by atoms with E-state index in [1.165, 1.54) is 18.1 Å². The van der Waals surface area contributed by atoms with Gasteiger partial charge in [-0.1, -0.05) is 48.5 Å². The third-order valence-electron chi connectivity index (χ3n) is 4.84. The van der Waals surface area contributed by atoms with Crippen LogP contribution < -0.4 is 4.74 Å². The van der Waals surface area contributed by atoms with Crippen molar-refractivity contribution in [1.29, 1.82) is 0 Å². The van der Waals surface area contributed by atoms with Gasteiger partial charge in [0.1, 0.15) is 5.75 Å². The van der Waals surface area contributed by atoms with Crippen molar-refractivity contribution in [3.05, 3.63) is 83.1 Å². The molecule has 0 spiro atoms. The number of ketones is 1. The highest BCUT2D eigenvalue weighted by Gasteiger charge is 2.42. The second kappa shape index (κ2) is 9.89. The minimum absolute atomic E-state index is 0.0624. The first-order chi connectivity index (χ1) is 14.6. The molecule has 1 heterocycles. The van der Waals surface area contributed by atoms with E-state index in [9.17, 15) is 14.7 Å². The topological polar surface area (TPSA) is 76.1 Å². The van der Waals surface area contributed by atoms with Crippen LogP contribution in [-0.4, -0.2) is 48.6 Å². The molecule has 1 aliphatic rings. The largest absolute Gasteiger partial charge is 0.503 e. The number of hydrogen-bond donors (Lipinski definition) is 1. The van der Waals surface area contributed by atoms with Gasteiger partial charge >= 0.3 is 0 Å². The Bertz CT molecular complexity index is 947. The first-order valence-electron chi connectivity index (χ1n) is 9.80. The predicted octanol–water partition coefficient (Wildman–Crippen LogP) is 3.71. The SMILES string of the molecule is CCOc1ccc(C2C(C(=O)C=Cc3ccccc3)=C(O)C(=O)N2CCOC)cc1. The van der Waals surface area contributed by atoms with Crippen molar-refractivity contribution in [3.8, 4) is 5.75 Å². The number of carbonyl (C=O) groups is 2. The first kappa shape index (κ1) is 21.3. The molecule has 1 aliphatic heterocycles. The molecule has 1 unspecified atom stereocenters. The lowest BCUT2D eigenvalue weighted by Crippen LogP contribution is -2.33. The van der Waals surface area contributed by atoms with Crippen molar-refractivity contribution >= 4 is 17.8 Å². The Morgan fingerprint density at radius 2 is 1.83 bits per heavy atom.